The Hall–Kier alpha value is -0.870. The van der Waals surface area contributed by atoms with E-state index in [-0.39, 0.29) is 0 Å². The van der Waals surface area contributed by atoms with Gasteiger partial charge in [0.25, 0.3) is 0 Å². The van der Waals surface area contributed by atoms with Crippen molar-refractivity contribution in [3.05, 3.63) is 18.0 Å². The summed E-state index contributed by atoms with van der Waals surface area (Å²) in [6.45, 7) is 11.2. The van der Waals surface area contributed by atoms with Crippen molar-refractivity contribution in [2.45, 2.75) is 65.0 Å². The first-order chi connectivity index (χ1) is 10.1. The van der Waals surface area contributed by atoms with E-state index in [0.717, 1.165) is 25.9 Å². The summed E-state index contributed by atoms with van der Waals surface area (Å²) < 4.78 is 2.20. The Morgan fingerprint density at radius 1 is 1.33 bits per heavy atom. The number of hydrogen-bond donors (Lipinski definition) is 1. The lowest BCUT2D eigenvalue weighted by atomic mass is 9.92. The molecule has 21 heavy (non-hydrogen) atoms. The van der Waals surface area contributed by atoms with E-state index in [4.69, 9.17) is 5.73 Å². The molecular formula is C17H32N4. The van der Waals surface area contributed by atoms with Crippen LogP contribution in [0.5, 0.6) is 0 Å². The zero-order valence-corrected chi connectivity index (χ0v) is 14.0. The zero-order chi connectivity index (χ0) is 15.2. The molecule has 4 nitrogen and oxygen atoms in total. The Kier molecular flexibility index (Phi) is 6.24. The molecule has 0 spiro atoms. The fourth-order valence-corrected chi connectivity index (χ4v) is 3.51. The highest BCUT2D eigenvalue weighted by Gasteiger charge is 2.24. The highest BCUT2D eigenvalue weighted by Crippen LogP contribution is 2.28. The summed E-state index contributed by atoms with van der Waals surface area (Å²) in [5, 5.41) is 4.46. The van der Waals surface area contributed by atoms with Crippen molar-refractivity contribution in [2.75, 3.05) is 19.6 Å². The molecule has 0 aliphatic carbocycles. The van der Waals surface area contributed by atoms with Gasteiger partial charge in [0.2, 0.25) is 0 Å². The monoisotopic (exact) mass is 292 g/mol. The molecule has 2 rings (SSSR count). The molecule has 4 heteroatoms. The molecule has 0 aromatic carbocycles. The Bertz CT molecular complexity index is 405. The molecule has 2 heterocycles. The maximum atomic E-state index is 6.24. The van der Waals surface area contributed by atoms with Crippen molar-refractivity contribution in [3.63, 3.8) is 0 Å². The van der Waals surface area contributed by atoms with Gasteiger partial charge in [0, 0.05) is 36.9 Å². The summed E-state index contributed by atoms with van der Waals surface area (Å²) in [6.07, 6.45) is 6.71. The van der Waals surface area contributed by atoms with Crippen LogP contribution in [-0.2, 0) is 6.54 Å². The van der Waals surface area contributed by atoms with E-state index in [2.05, 4.69) is 41.5 Å². The van der Waals surface area contributed by atoms with Crippen LogP contribution >= 0.6 is 0 Å². The maximum Gasteiger partial charge on any atom is 0.0492 e. The lowest BCUT2D eigenvalue weighted by Gasteiger charge is -2.34. The van der Waals surface area contributed by atoms with Crippen LogP contribution in [0.1, 0.15) is 58.1 Å². The average molecular weight is 292 g/mol. The molecule has 0 radical (unpaired) electrons. The summed E-state index contributed by atoms with van der Waals surface area (Å²) in [5.74, 6) is 1.37. The van der Waals surface area contributed by atoms with Gasteiger partial charge in [-0.1, -0.05) is 20.8 Å². The minimum atomic E-state index is 0.326. The predicted molar refractivity (Wildman–Crippen MR) is 88.4 cm³/mol. The molecule has 1 unspecified atom stereocenters. The SMILES string of the molecule is CCCn1nccc1C1CCN(CC(N)CC(C)C)CC1. The molecule has 1 aliphatic heterocycles. The highest BCUT2D eigenvalue weighted by molar-refractivity contribution is 5.09. The van der Waals surface area contributed by atoms with Gasteiger partial charge < -0.3 is 10.6 Å². The summed E-state index contributed by atoms with van der Waals surface area (Å²) in [5.41, 5.74) is 7.68. The number of hydrogen-bond acceptors (Lipinski definition) is 3. The van der Waals surface area contributed by atoms with Gasteiger partial charge in [-0.2, -0.15) is 5.10 Å². The smallest absolute Gasteiger partial charge is 0.0492 e. The van der Waals surface area contributed by atoms with Crippen LogP contribution in [0.25, 0.3) is 0 Å². The quantitative estimate of drug-likeness (QED) is 0.840. The van der Waals surface area contributed by atoms with E-state index in [1.165, 1.54) is 31.6 Å². The third-order valence-corrected chi connectivity index (χ3v) is 4.46. The van der Waals surface area contributed by atoms with E-state index in [9.17, 15) is 0 Å². The lowest BCUT2D eigenvalue weighted by Crippen LogP contribution is -2.42. The van der Waals surface area contributed by atoms with Crippen molar-refractivity contribution >= 4 is 0 Å². The van der Waals surface area contributed by atoms with Gasteiger partial charge in [0.15, 0.2) is 0 Å². The second-order valence-electron chi connectivity index (χ2n) is 6.94. The third-order valence-electron chi connectivity index (χ3n) is 4.46. The zero-order valence-electron chi connectivity index (χ0n) is 14.0. The van der Waals surface area contributed by atoms with Crippen molar-refractivity contribution in [2.24, 2.45) is 11.7 Å². The van der Waals surface area contributed by atoms with Gasteiger partial charge in [0.05, 0.1) is 0 Å². The minimum Gasteiger partial charge on any atom is -0.327 e. The highest BCUT2D eigenvalue weighted by atomic mass is 15.3. The summed E-state index contributed by atoms with van der Waals surface area (Å²) in [4.78, 5) is 2.55. The van der Waals surface area contributed by atoms with E-state index >= 15 is 0 Å². The first-order valence-electron chi connectivity index (χ1n) is 8.59. The topological polar surface area (TPSA) is 47.1 Å². The first kappa shape index (κ1) is 16.5. The Morgan fingerprint density at radius 3 is 2.67 bits per heavy atom. The molecule has 1 aromatic heterocycles. The first-order valence-corrected chi connectivity index (χ1v) is 8.59. The molecule has 2 N–H and O–H groups in total. The van der Waals surface area contributed by atoms with E-state index < -0.39 is 0 Å². The third kappa shape index (κ3) is 4.82. The van der Waals surface area contributed by atoms with Crippen molar-refractivity contribution in [1.82, 2.24) is 14.7 Å². The van der Waals surface area contributed by atoms with Gasteiger partial charge in [-0.25, -0.2) is 0 Å². The van der Waals surface area contributed by atoms with Crippen molar-refractivity contribution in [1.29, 1.82) is 0 Å². The van der Waals surface area contributed by atoms with Crippen LogP contribution in [0.2, 0.25) is 0 Å². The predicted octanol–water partition coefficient (Wildman–Crippen LogP) is 2.85. The Morgan fingerprint density at radius 2 is 2.05 bits per heavy atom. The number of nitrogens with two attached hydrogens (primary N) is 1. The second-order valence-corrected chi connectivity index (χ2v) is 6.94. The largest absolute Gasteiger partial charge is 0.327 e. The number of aromatic nitrogens is 2. The van der Waals surface area contributed by atoms with Crippen molar-refractivity contribution < 1.29 is 0 Å². The van der Waals surface area contributed by atoms with Crippen molar-refractivity contribution in [3.8, 4) is 0 Å². The van der Waals surface area contributed by atoms with E-state index in [1.807, 2.05) is 6.20 Å². The fraction of sp³-hybridized carbons (Fsp3) is 0.824. The molecule has 120 valence electrons. The Labute approximate surface area is 129 Å². The molecule has 1 aliphatic rings. The van der Waals surface area contributed by atoms with E-state index in [0.29, 0.717) is 17.9 Å². The average Bonchev–Trinajstić information content (AvgIpc) is 2.87. The Balaban J connectivity index is 1.81. The van der Waals surface area contributed by atoms with Crippen LogP contribution in [0, 0.1) is 5.92 Å². The van der Waals surface area contributed by atoms with Gasteiger partial charge in [-0.05, 0) is 50.8 Å². The number of rotatable bonds is 7. The molecule has 0 saturated carbocycles. The summed E-state index contributed by atoms with van der Waals surface area (Å²) in [6, 6.07) is 2.53. The molecule has 1 fully saturated rings. The van der Waals surface area contributed by atoms with Gasteiger partial charge >= 0.3 is 0 Å². The van der Waals surface area contributed by atoms with Crippen LogP contribution in [-0.4, -0.2) is 40.4 Å². The number of piperidine rings is 1. The van der Waals surface area contributed by atoms with Gasteiger partial charge in [0.1, 0.15) is 0 Å². The minimum absolute atomic E-state index is 0.326. The number of likely N-dealkylation sites (tertiary alicyclic amines) is 1. The van der Waals surface area contributed by atoms with Crippen LogP contribution < -0.4 is 5.73 Å². The van der Waals surface area contributed by atoms with E-state index in [1.54, 1.807) is 0 Å². The van der Waals surface area contributed by atoms with Crippen LogP contribution in [0.3, 0.4) is 0 Å². The standard InChI is InChI=1S/C17H32N4/c1-4-9-21-17(5-8-19-21)15-6-10-20(11-7-15)13-16(18)12-14(2)3/h5,8,14-16H,4,6-7,9-13,18H2,1-3H3. The molecule has 0 bridgehead atoms. The lowest BCUT2D eigenvalue weighted by molar-refractivity contribution is 0.191. The second kappa shape index (κ2) is 7.95. The normalized spacial score (nSPS) is 19.3. The molecular weight excluding hydrogens is 260 g/mol. The molecule has 1 atom stereocenters. The van der Waals surface area contributed by atoms with Gasteiger partial charge in [-0.3, -0.25) is 4.68 Å². The maximum absolute atomic E-state index is 6.24. The molecule has 0 amide bonds. The van der Waals surface area contributed by atoms with Gasteiger partial charge in [-0.15, -0.1) is 0 Å². The molecule has 1 saturated heterocycles. The molecule has 1 aromatic rings. The number of aryl methyl sites for hydroxylation is 1. The van der Waals surface area contributed by atoms with Crippen LogP contribution in [0.15, 0.2) is 12.3 Å². The summed E-state index contributed by atoms with van der Waals surface area (Å²) >= 11 is 0. The summed E-state index contributed by atoms with van der Waals surface area (Å²) in [7, 11) is 0. The fourth-order valence-electron chi connectivity index (χ4n) is 3.51. The number of nitrogens with zero attached hydrogens (tertiary/aromatic N) is 3. The van der Waals surface area contributed by atoms with Crippen LogP contribution in [0.4, 0.5) is 0 Å².